The number of rotatable bonds is 3. The quantitative estimate of drug-likeness (QED) is 0.813. The highest BCUT2D eigenvalue weighted by atomic mass is 16.5. The van der Waals surface area contributed by atoms with Crippen LogP contribution in [0.1, 0.15) is 41.2 Å². The zero-order chi connectivity index (χ0) is 16.5. The van der Waals surface area contributed by atoms with Crippen LogP contribution < -0.4 is 0 Å². The molecule has 1 aromatic heterocycles. The Morgan fingerprint density at radius 1 is 1.04 bits per heavy atom. The van der Waals surface area contributed by atoms with Crippen molar-refractivity contribution in [3.05, 3.63) is 77.3 Å². The minimum atomic E-state index is -0.714. The maximum Gasteiger partial charge on any atom is 0.222 e. The average Bonchev–Trinajstić information content (AvgIpc) is 3.03. The Kier molecular flexibility index (Phi) is 3.73. The van der Waals surface area contributed by atoms with Crippen molar-refractivity contribution in [2.24, 2.45) is 0 Å². The van der Waals surface area contributed by atoms with Crippen molar-refractivity contribution in [2.45, 2.75) is 31.3 Å². The molecule has 0 spiro atoms. The summed E-state index contributed by atoms with van der Waals surface area (Å²) in [6, 6.07) is 14.9. The molecule has 2 aromatic rings. The normalized spacial score (nSPS) is 22.9. The van der Waals surface area contributed by atoms with Crippen molar-refractivity contribution >= 4 is 11.6 Å². The van der Waals surface area contributed by atoms with Crippen LogP contribution in [0.3, 0.4) is 0 Å². The largest absolute Gasteiger partial charge is 0.485 e. The minimum Gasteiger partial charge on any atom is -0.485 e. The van der Waals surface area contributed by atoms with Gasteiger partial charge in [-0.25, -0.2) is 0 Å². The molecule has 0 N–H and O–H groups in total. The van der Waals surface area contributed by atoms with Crippen LogP contribution >= 0.6 is 0 Å². The number of hydrogen-bond donors (Lipinski definition) is 0. The first-order valence-corrected chi connectivity index (χ1v) is 8.19. The molecule has 2 aliphatic rings. The van der Waals surface area contributed by atoms with E-state index in [1.165, 1.54) is 0 Å². The molecule has 0 saturated carbocycles. The predicted molar refractivity (Wildman–Crippen MR) is 88.5 cm³/mol. The summed E-state index contributed by atoms with van der Waals surface area (Å²) in [4.78, 5) is 29.6. The van der Waals surface area contributed by atoms with Gasteiger partial charge in [-0.15, -0.1) is 0 Å². The summed E-state index contributed by atoms with van der Waals surface area (Å²) in [6.07, 6.45) is 2.91. The Labute approximate surface area is 140 Å². The van der Waals surface area contributed by atoms with Gasteiger partial charge in [0, 0.05) is 24.6 Å². The number of hydrogen-bond acceptors (Lipinski definition) is 4. The van der Waals surface area contributed by atoms with Crippen molar-refractivity contribution in [2.75, 3.05) is 0 Å². The number of ketones is 2. The number of Topliss-reactive ketones (excluding diaryl/α,β-unsaturated/α-hetero) is 2. The fraction of sp³-hybridized carbons (Fsp3) is 0.250. The van der Waals surface area contributed by atoms with Crippen LogP contribution in [0.15, 0.2) is 66.1 Å². The fourth-order valence-electron chi connectivity index (χ4n) is 3.54. The molecular formula is C20H17NO3. The first-order chi connectivity index (χ1) is 11.8. The molecule has 0 saturated heterocycles. The third-order valence-electron chi connectivity index (χ3n) is 4.63. The number of carbonyl (C=O) groups excluding carboxylic acids is 2. The summed E-state index contributed by atoms with van der Waals surface area (Å²) in [5.41, 5.74) is 1.99. The zero-order valence-electron chi connectivity index (χ0n) is 13.1. The SMILES string of the molecule is O=C1CCCC2=C1[C@@H](c1ccccc1)[C@H](C(=O)c1ccccn1)O2. The van der Waals surface area contributed by atoms with Crippen LogP contribution in [-0.4, -0.2) is 22.7 Å². The van der Waals surface area contributed by atoms with Crippen molar-refractivity contribution in [1.82, 2.24) is 4.98 Å². The molecule has 4 nitrogen and oxygen atoms in total. The van der Waals surface area contributed by atoms with E-state index in [1.54, 1.807) is 24.4 Å². The molecule has 4 heteroatoms. The lowest BCUT2D eigenvalue weighted by molar-refractivity contribution is -0.116. The van der Waals surface area contributed by atoms with Gasteiger partial charge >= 0.3 is 0 Å². The highest BCUT2D eigenvalue weighted by Crippen LogP contribution is 2.44. The topological polar surface area (TPSA) is 56.3 Å². The van der Waals surface area contributed by atoms with E-state index in [-0.39, 0.29) is 17.5 Å². The highest BCUT2D eigenvalue weighted by molar-refractivity contribution is 6.04. The van der Waals surface area contributed by atoms with Gasteiger partial charge in [-0.1, -0.05) is 36.4 Å². The Hall–Kier alpha value is -2.75. The number of carbonyl (C=O) groups is 2. The standard InChI is InChI=1S/C20H17NO3/c22-15-10-6-11-16-18(15)17(13-7-2-1-3-8-13)20(24-16)19(23)14-9-4-5-12-21-14/h1-5,7-9,12,17,20H,6,10-11H2/t17-,20-/m1/s1. The van der Waals surface area contributed by atoms with Crippen molar-refractivity contribution in [3.8, 4) is 0 Å². The van der Waals surface area contributed by atoms with Gasteiger partial charge in [0.25, 0.3) is 0 Å². The smallest absolute Gasteiger partial charge is 0.222 e. The first-order valence-electron chi connectivity index (χ1n) is 8.19. The second-order valence-corrected chi connectivity index (χ2v) is 6.12. The van der Waals surface area contributed by atoms with E-state index >= 15 is 0 Å². The molecule has 0 radical (unpaired) electrons. The summed E-state index contributed by atoms with van der Waals surface area (Å²) in [6.45, 7) is 0. The average molecular weight is 319 g/mol. The van der Waals surface area contributed by atoms with E-state index < -0.39 is 6.10 Å². The molecule has 120 valence electrons. The van der Waals surface area contributed by atoms with Gasteiger partial charge in [0.15, 0.2) is 11.9 Å². The van der Waals surface area contributed by atoms with Gasteiger partial charge in [0.05, 0.1) is 5.92 Å². The maximum atomic E-state index is 13.0. The summed E-state index contributed by atoms with van der Waals surface area (Å²) in [5.74, 6) is 0.269. The number of benzene rings is 1. The number of aromatic nitrogens is 1. The number of ether oxygens (including phenoxy) is 1. The van der Waals surface area contributed by atoms with Gasteiger partial charge in [-0.2, -0.15) is 0 Å². The fourth-order valence-corrected chi connectivity index (χ4v) is 3.54. The number of pyridine rings is 1. The third kappa shape index (κ3) is 2.44. The number of nitrogens with zero attached hydrogens (tertiary/aromatic N) is 1. The van der Waals surface area contributed by atoms with Crippen molar-refractivity contribution < 1.29 is 14.3 Å². The zero-order valence-corrected chi connectivity index (χ0v) is 13.1. The number of allylic oxidation sites excluding steroid dienone is 1. The minimum absolute atomic E-state index is 0.0985. The molecule has 0 unspecified atom stereocenters. The molecular weight excluding hydrogens is 302 g/mol. The molecule has 1 aliphatic heterocycles. The van der Waals surface area contributed by atoms with Crippen LogP contribution in [0.5, 0.6) is 0 Å². The Morgan fingerprint density at radius 3 is 2.58 bits per heavy atom. The lowest BCUT2D eigenvalue weighted by Gasteiger charge is -2.20. The van der Waals surface area contributed by atoms with Gasteiger partial charge < -0.3 is 4.74 Å². The van der Waals surface area contributed by atoms with E-state index in [9.17, 15) is 9.59 Å². The monoisotopic (exact) mass is 319 g/mol. The summed E-state index contributed by atoms with van der Waals surface area (Å²) < 4.78 is 5.99. The first kappa shape index (κ1) is 14.8. The summed E-state index contributed by atoms with van der Waals surface area (Å²) in [7, 11) is 0. The summed E-state index contributed by atoms with van der Waals surface area (Å²) in [5, 5.41) is 0. The molecule has 1 aliphatic carbocycles. The van der Waals surface area contributed by atoms with Gasteiger partial charge in [-0.05, 0) is 24.1 Å². The van der Waals surface area contributed by atoms with Crippen LogP contribution in [0.4, 0.5) is 0 Å². The van der Waals surface area contributed by atoms with Crippen molar-refractivity contribution in [3.63, 3.8) is 0 Å². The molecule has 0 bridgehead atoms. The molecule has 2 heterocycles. The van der Waals surface area contributed by atoms with Crippen molar-refractivity contribution in [1.29, 1.82) is 0 Å². The second-order valence-electron chi connectivity index (χ2n) is 6.12. The molecule has 1 aromatic carbocycles. The Balaban J connectivity index is 1.77. The predicted octanol–water partition coefficient (Wildman–Crippen LogP) is 3.45. The van der Waals surface area contributed by atoms with Crippen LogP contribution in [0, 0.1) is 0 Å². The highest BCUT2D eigenvalue weighted by Gasteiger charge is 2.46. The van der Waals surface area contributed by atoms with E-state index in [4.69, 9.17) is 4.74 Å². The van der Waals surface area contributed by atoms with Crippen LogP contribution in [0.25, 0.3) is 0 Å². The van der Waals surface area contributed by atoms with Crippen LogP contribution in [0.2, 0.25) is 0 Å². The lowest BCUT2D eigenvalue weighted by Crippen LogP contribution is -2.29. The lowest BCUT2D eigenvalue weighted by atomic mass is 9.80. The molecule has 2 atom stereocenters. The molecule has 24 heavy (non-hydrogen) atoms. The van der Waals surface area contributed by atoms with E-state index in [0.717, 1.165) is 18.4 Å². The molecule has 4 rings (SSSR count). The Morgan fingerprint density at radius 2 is 1.83 bits per heavy atom. The maximum absolute atomic E-state index is 13.0. The van der Waals surface area contributed by atoms with Gasteiger partial charge in [-0.3, -0.25) is 14.6 Å². The molecule has 0 amide bonds. The van der Waals surface area contributed by atoms with E-state index in [0.29, 0.717) is 23.4 Å². The third-order valence-corrected chi connectivity index (χ3v) is 4.63. The molecule has 0 fully saturated rings. The van der Waals surface area contributed by atoms with Gasteiger partial charge in [0.2, 0.25) is 5.78 Å². The van der Waals surface area contributed by atoms with E-state index in [1.807, 2.05) is 30.3 Å². The summed E-state index contributed by atoms with van der Waals surface area (Å²) >= 11 is 0. The second kappa shape index (κ2) is 6.04. The van der Waals surface area contributed by atoms with Gasteiger partial charge in [0.1, 0.15) is 11.5 Å². The van der Waals surface area contributed by atoms with E-state index in [2.05, 4.69) is 4.98 Å². The van der Waals surface area contributed by atoms with Crippen LogP contribution in [-0.2, 0) is 9.53 Å². The Bertz CT molecular complexity index is 811.